The number of hydrogen-bond donors (Lipinski definition) is 0. The lowest BCUT2D eigenvalue weighted by Gasteiger charge is -2.41. The van der Waals surface area contributed by atoms with Gasteiger partial charge in [0.15, 0.2) is 0 Å². The molecule has 2 nitrogen and oxygen atoms in total. The molecule has 0 bridgehead atoms. The molecule has 2 rings (SSSR count). The van der Waals surface area contributed by atoms with E-state index in [9.17, 15) is 0 Å². The molecular formula is C10H19NO. The molecule has 0 saturated carbocycles. The normalized spacial score (nSPS) is 29.8. The smallest absolute Gasteiger partial charge is 0.0483 e. The summed E-state index contributed by atoms with van der Waals surface area (Å²) >= 11 is 0. The van der Waals surface area contributed by atoms with Crippen LogP contribution in [0.5, 0.6) is 0 Å². The molecule has 0 N–H and O–H groups in total. The molecular weight excluding hydrogens is 150 g/mol. The maximum atomic E-state index is 5.42. The highest BCUT2D eigenvalue weighted by atomic mass is 16.5. The first-order valence-corrected chi connectivity index (χ1v) is 5.20. The molecule has 70 valence electrons. The van der Waals surface area contributed by atoms with Crippen LogP contribution in [0.1, 0.15) is 32.6 Å². The molecule has 12 heavy (non-hydrogen) atoms. The lowest BCUT2D eigenvalue weighted by atomic mass is 9.87. The second-order valence-corrected chi connectivity index (χ2v) is 4.02. The Balaban J connectivity index is 2.05. The van der Waals surface area contributed by atoms with E-state index < -0.39 is 0 Å². The molecule has 2 heterocycles. The molecule has 2 fully saturated rings. The van der Waals surface area contributed by atoms with Crippen molar-refractivity contribution < 1.29 is 4.74 Å². The lowest BCUT2D eigenvalue weighted by molar-refractivity contribution is -0.00595. The standard InChI is InChI=1S/C10H19NO/c1-2-11-7-3-4-10(11)5-8-12-9-6-10/h2-9H2,1H3. The van der Waals surface area contributed by atoms with Crippen molar-refractivity contribution in [1.29, 1.82) is 0 Å². The molecule has 0 aliphatic carbocycles. The number of likely N-dealkylation sites (tertiary alicyclic amines) is 1. The van der Waals surface area contributed by atoms with E-state index in [1.807, 2.05) is 0 Å². The van der Waals surface area contributed by atoms with E-state index in [0.717, 1.165) is 13.2 Å². The van der Waals surface area contributed by atoms with Crippen molar-refractivity contribution in [2.45, 2.75) is 38.1 Å². The Labute approximate surface area is 74.9 Å². The zero-order valence-corrected chi connectivity index (χ0v) is 8.01. The third-order valence-corrected chi connectivity index (χ3v) is 3.55. The zero-order valence-electron chi connectivity index (χ0n) is 8.01. The fourth-order valence-corrected chi connectivity index (χ4v) is 2.81. The van der Waals surface area contributed by atoms with Gasteiger partial charge in [-0.1, -0.05) is 6.92 Å². The third kappa shape index (κ3) is 1.27. The molecule has 2 saturated heterocycles. The minimum absolute atomic E-state index is 0.549. The van der Waals surface area contributed by atoms with Gasteiger partial charge in [-0.2, -0.15) is 0 Å². The van der Waals surface area contributed by atoms with E-state index in [-0.39, 0.29) is 0 Å². The van der Waals surface area contributed by atoms with Gasteiger partial charge < -0.3 is 4.74 Å². The predicted octanol–water partition coefficient (Wildman–Crippen LogP) is 1.65. The third-order valence-electron chi connectivity index (χ3n) is 3.55. The molecule has 0 aromatic carbocycles. The van der Waals surface area contributed by atoms with Crippen molar-refractivity contribution in [3.05, 3.63) is 0 Å². The van der Waals surface area contributed by atoms with Gasteiger partial charge in [0.2, 0.25) is 0 Å². The van der Waals surface area contributed by atoms with E-state index in [2.05, 4.69) is 11.8 Å². The van der Waals surface area contributed by atoms with Crippen molar-refractivity contribution >= 4 is 0 Å². The zero-order chi connectivity index (χ0) is 8.44. The summed E-state index contributed by atoms with van der Waals surface area (Å²) in [5, 5.41) is 0. The summed E-state index contributed by atoms with van der Waals surface area (Å²) < 4.78 is 5.42. The Morgan fingerprint density at radius 1 is 1.25 bits per heavy atom. The average molecular weight is 169 g/mol. The van der Waals surface area contributed by atoms with Crippen LogP contribution in [-0.2, 0) is 4.74 Å². The van der Waals surface area contributed by atoms with Gasteiger partial charge in [-0.25, -0.2) is 0 Å². The molecule has 0 radical (unpaired) electrons. The minimum Gasteiger partial charge on any atom is -0.381 e. The number of hydrogen-bond acceptors (Lipinski definition) is 2. The number of ether oxygens (including phenoxy) is 1. The molecule has 0 aromatic rings. The van der Waals surface area contributed by atoms with Crippen LogP contribution >= 0.6 is 0 Å². The maximum Gasteiger partial charge on any atom is 0.0483 e. The quantitative estimate of drug-likeness (QED) is 0.592. The Kier molecular flexibility index (Phi) is 2.37. The summed E-state index contributed by atoms with van der Waals surface area (Å²) in [4.78, 5) is 2.66. The molecule has 2 heteroatoms. The molecule has 1 spiro atoms. The largest absolute Gasteiger partial charge is 0.381 e. The predicted molar refractivity (Wildman–Crippen MR) is 49.3 cm³/mol. The Morgan fingerprint density at radius 2 is 2.00 bits per heavy atom. The van der Waals surface area contributed by atoms with Gasteiger partial charge in [0.25, 0.3) is 0 Å². The van der Waals surface area contributed by atoms with Crippen LogP contribution in [0.3, 0.4) is 0 Å². The van der Waals surface area contributed by atoms with E-state index in [1.54, 1.807) is 0 Å². The Bertz CT molecular complexity index is 152. The first-order valence-electron chi connectivity index (χ1n) is 5.20. The minimum atomic E-state index is 0.549. The summed E-state index contributed by atoms with van der Waals surface area (Å²) in [5.41, 5.74) is 0.549. The first kappa shape index (κ1) is 8.52. The van der Waals surface area contributed by atoms with E-state index >= 15 is 0 Å². The summed E-state index contributed by atoms with van der Waals surface area (Å²) in [6.07, 6.45) is 5.33. The van der Waals surface area contributed by atoms with Crippen LogP contribution in [0.4, 0.5) is 0 Å². The van der Waals surface area contributed by atoms with Gasteiger partial charge in [0.1, 0.15) is 0 Å². The number of nitrogens with zero attached hydrogens (tertiary/aromatic N) is 1. The van der Waals surface area contributed by atoms with Crippen molar-refractivity contribution in [1.82, 2.24) is 4.90 Å². The summed E-state index contributed by atoms with van der Waals surface area (Å²) in [5.74, 6) is 0. The van der Waals surface area contributed by atoms with Crippen LogP contribution in [0, 0.1) is 0 Å². The molecule has 0 unspecified atom stereocenters. The van der Waals surface area contributed by atoms with Gasteiger partial charge in [0, 0.05) is 18.8 Å². The highest BCUT2D eigenvalue weighted by molar-refractivity contribution is 4.96. The van der Waals surface area contributed by atoms with Gasteiger partial charge in [-0.3, -0.25) is 4.90 Å². The highest BCUT2D eigenvalue weighted by Gasteiger charge is 2.40. The van der Waals surface area contributed by atoms with Crippen molar-refractivity contribution in [3.63, 3.8) is 0 Å². The van der Waals surface area contributed by atoms with Crippen molar-refractivity contribution in [2.75, 3.05) is 26.3 Å². The van der Waals surface area contributed by atoms with E-state index in [1.165, 1.54) is 38.8 Å². The Hall–Kier alpha value is -0.0800. The molecule has 2 aliphatic rings. The van der Waals surface area contributed by atoms with Crippen LogP contribution in [0.2, 0.25) is 0 Å². The van der Waals surface area contributed by atoms with Gasteiger partial charge in [-0.05, 0) is 38.8 Å². The monoisotopic (exact) mass is 169 g/mol. The molecule has 2 aliphatic heterocycles. The summed E-state index contributed by atoms with van der Waals surface area (Å²) in [6, 6.07) is 0. The second-order valence-electron chi connectivity index (χ2n) is 4.02. The van der Waals surface area contributed by atoms with E-state index in [0.29, 0.717) is 5.54 Å². The first-order chi connectivity index (χ1) is 5.87. The fraction of sp³-hybridized carbons (Fsp3) is 1.00. The van der Waals surface area contributed by atoms with Crippen molar-refractivity contribution in [2.24, 2.45) is 0 Å². The maximum absolute atomic E-state index is 5.42. The van der Waals surface area contributed by atoms with Gasteiger partial charge in [0.05, 0.1) is 0 Å². The molecule has 0 amide bonds. The van der Waals surface area contributed by atoms with Crippen LogP contribution in [-0.4, -0.2) is 36.7 Å². The Morgan fingerprint density at radius 3 is 2.67 bits per heavy atom. The van der Waals surface area contributed by atoms with Gasteiger partial charge in [-0.15, -0.1) is 0 Å². The van der Waals surface area contributed by atoms with Gasteiger partial charge >= 0.3 is 0 Å². The topological polar surface area (TPSA) is 12.5 Å². The summed E-state index contributed by atoms with van der Waals surface area (Å²) in [6.45, 7) is 6.78. The molecule has 0 atom stereocenters. The van der Waals surface area contributed by atoms with Crippen LogP contribution in [0.25, 0.3) is 0 Å². The lowest BCUT2D eigenvalue weighted by Crippen LogP contribution is -2.47. The number of rotatable bonds is 1. The molecule has 0 aromatic heterocycles. The average Bonchev–Trinajstić information content (AvgIpc) is 2.49. The van der Waals surface area contributed by atoms with Crippen LogP contribution in [0.15, 0.2) is 0 Å². The second kappa shape index (κ2) is 3.35. The SMILES string of the molecule is CCN1CCCC12CCOCC2. The highest BCUT2D eigenvalue weighted by Crippen LogP contribution is 2.37. The fourth-order valence-electron chi connectivity index (χ4n) is 2.81. The summed E-state index contributed by atoms with van der Waals surface area (Å²) in [7, 11) is 0. The van der Waals surface area contributed by atoms with Crippen LogP contribution < -0.4 is 0 Å². The van der Waals surface area contributed by atoms with E-state index in [4.69, 9.17) is 4.74 Å². The van der Waals surface area contributed by atoms with Crippen molar-refractivity contribution in [3.8, 4) is 0 Å².